The van der Waals surface area contributed by atoms with E-state index in [1.165, 1.54) is 0 Å². The fourth-order valence-corrected chi connectivity index (χ4v) is 5.25. The molecule has 3 aromatic rings. The summed E-state index contributed by atoms with van der Waals surface area (Å²) in [5.74, 6) is 2.52. The number of rotatable bonds is 6. The Morgan fingerprint density at radius 2 is 1.85 bits per heavy atom. The van der Waals surface area contributed by atoms with Crippen molar-refractivity contribution < 1.29 is 9.59 Å². The molecule has 174 valence electrons. The largest absolute Gasteiger partial charge is 0.338 e. The summed E-state index contributed by atoms with van der Waals surface area (Å²) >= 11 is 1.68. The molecule has 2 heterocycles. The second-order valence-corrected chi connectivity index (χ2v) is 10.1. The van der Waals surface area contributed by atoms with E-state index in [0.29, 0.717) is 23.1 Å². The highest BCUT2D eigenvalue weighted by atomic mass is 32.2. The highest BCUT2D eigenvalue weighted by Gasteiger charge is 2.26. The van der Waals surface area contributed by atoms with E-state index in [4.69, 9.17) is 4.98 Å². The number of aromatic nitrogens is 2. The van der Waals surface area contributed by atoms with E-state index >= 15 is 0 Å². The summed E-state index contributed by atoms with van der Waals surface area (Å²) in [6.45, 7) is 8.08. The Labute approximate surface area is 199 Å². The molecular weight excluding hydrogens is 432 g/mol. The van der Waals surface area contributed by atoms with Crippen LogP contribution in [0.15, 0.2) is 42.5 Å². The molecule has 2 unspecified atom stereocenters. The predicted octanol–water partition coefficient (Wildman–Crippen LogP) is 4.96. The summed E-state index contributed by atoms with van der Waals surface area (Å²) in [5.41, 5.74) is 4.07. The van der Waals surface area contributed by atoms with Crippen LogP contribution in [-0.2, 0) is 17.1 Å². The van der Waals surface area contributed by atoms with Gasteiger partial charge in [-0.05, 0) is 61.3 Å². The van der Waals surface area contributed by atoms with Crippen LogP contribution >= 0.6 is 11.8 Å². The molecule has 33 heavy (non-hydrogen) atoms. The lowest BCUT2D eigenvalue weighted by atomic mass is 9.91. The number of anilines is 1. The van der Waals surface area contributed by atoms with Crippen LogP contribution in [0.3, 0.4) is 0 Å². The number of hydrogen-bond donors (Lipinski definition) is 1. The summed E-state index contributed by atoms with van der Waals surface area (Å²) in [6, 6.07) is 13.5. The number of piperidine rings is 1. The Balaban J connectivity index is 1.53. The lowest BCUT2D eigenvalue weighted by Gasteiger charge is -2.35. The summed E-state index contributed by atoms with van der Waals surface area (Å²) in [4.78, 5) is 32.8. The molecular formula is C26H32N4O2S. The van der Waals surface area contributed by atoms with E-state index < -0.39 is 0 Å². The van der Waals surface area contributed by atoms with Crippen LogP contribution in [0.1, 0.15) is 42.0 Å². The first kappa shape index (κ1) is 23.4. The van der Waals surface area contributed by atoms with Crippen LogP contribution in [0.4, 0.5) is 5.69 Å². The number of aryl methyl sites for hydroxylation is 1. The second kappa shape index (κ2) is 10.00. The van der Waals surface area contributed by atoms with Crippen LogP contribution in [0.25, 0.3) is 11.0 Å². The van der Waals surface area contributed by atoms with Gasteiger partial charge >= 0.3 is 0 Å². The number of imidazole rings is 1. The number of hydrogen-bond acceptors (Lipinski definition) is 4. The molecule has 0 bridgehead atoms. The SMILES string of the molecule is CSCc1nc2ccccc2n1CC(=O)Nc1cc(C(=O)N2CC(C)CC(C)C2)ccc1C. The van der Waals surface area contributed by atoms with Crippen molar-refractivity contribution in [1.29, 1.82) is 0 Å². The van der Waals surface area contributed by atoms with E-state index in [0.717, 1.165) is 47.7 Å². The van der Waals surface area contributed by atoms with Crippen molar-refractivity contribution >= 4 is 40.3 Å². The molecule has 0 aliphatic carbocycles. The molecule has 2 aromatic carbocycles. The van der Waals surface area contributed by atoms with Gasteiger partial charge < -0.3 is 14.8 Å². The first-order valence-corrected chi connectivity index (χ1v) is 12.9. The highest BCUT2D eigenvalue weighted by molar-refractivity contribution is 7.97. The minimum Gasteiger partial charge on any atom is -0.338 e. The topological polar surface area (TPSA) is 67.2 Å². The number of carbonyl (C=O) groups excluding carboxylic acids is 2. The molecule has 0 radical (unpaired) electrons. The van der Waals surface area contributed by atoms with Gasteiger partial charge in [-0.25, -0.2) is 4.98 Å². The van der Waals surface area contributed by atoms with Gasteiger partial charge in [-0.2, -0.15) is 11.8 Å². The molecule has 7 heteroatoms. The number of benzene rings is 2. The third kappa shape index (κ3) is 5.24. The van der Waals surface area contributed by atoms with E-state index in [-0.39, 0.29) is 18.4 Å². The number of nitrogens with one attached hydrogen (secondary N) is 1. The van der Waals surface area contributed by atoms with Gasteiger partial charge in [0.1, 0.15) is 12.4 Å². The van der Waals surface area contributed by atoms with Crippen molar-refractivity contribution in [2.45, 2.75) is 39.5 Å². The molecule has 1 aromatic heterocycles. The number of thioether (sulfide) groups is 1. The predicted molar refractivity (Wildman–Crippen MR) is 136 cm³/mol. The van der Waals surface area contributed by atoms with Gasteiger partial charge in [-0.1, -0.05) is 32.0 Å². The number of para-hydroxylation sites is 2. The minimum absolute atomic E-state index is 0.0340. The van der Waals surface area contributed by atoms with Gasteiger partial charge in [0.15, 0.2) is 0 Å². The summed E-state index contributed by atoms with van der Waals surface area (Å²) < 4.78 is 1.97. The van der Waals surface area contributed by atoms with Crippen molar-refractivity contribution in [3.05, 3.63) is 59.4 Å². The fourth-order valence-electron chi connectivity index (χ4n) is 4.78. The molecule has 4 rings (SSSR count). The zero-order valence-corrected chi connectivity index (χ0v) is 20.6. The second-order valence-electron chi connectivity index (χ2n) is 9.27. The van der Waals surface area contributed by atoms with E-state index in [1.807, 2.05) is 65.1 Å². The Kier molecular flexibility index (Phi) is 7.08. The molecule has 6 nitrogen and oxygen atoms in total. The minimum atomic E-state index is -0.131. The number of likely N-dealkylation sites (tertiary alicyclic amines) is 1. The normalized spacial score (nSPS) is 18.5. The van der Waals surface area contributed by atoms with Crippen LogP contribution in [0, 0.1) is 18.8 Å². The molecule has 1 fully saturated rings. The molecule has 1 aliphatic heterocycles. The molecule has 1 aliphatic rings. The van der Waals surface area contributed by atoms with Crippen molar-refractivity contribution in [2.24, 2.45) is 11.8 Å². The summed E-state index contributed by atoms with van der Waals surface area (Å²) in [7, 11) is 0. The fraction of sp³-hybridized carbons (Fsp3) is 0.423. The third-order valence-corrected chi connectivity index (χ3v) is 6.77. The maximum Gasteiger partial charge on any atom is 0.253 e. The van der Waals surface area contributed by atoms with Crippen LogP contribution < -0.4 is 5.32 Å². The monoisotopic (exact) mass is 464 g/mol. The van der Waals surface area contributed by atoms with Crippen molar-refractivity contribution in [1.82, 2.24) is 14.5 Å². The first-order chi connectivity index (χ1) is 15.9. The van der Waals surface area contributed by atoms with Crippen molar-refractivity contribution in [3.8, 4) is 0 Å². The van der Waals surface area contributed by atoms with E-state index in [1.54, 1.807) is 11.8 Å². The smallest absolute Gasteiger partial charge is 0.253 e. The average molecular weight is 465 g/mol. The van der Waals surface area contributed by atoms with Crippen LogP contribution in [0.5, 0.6) is 0 Å². The molecule has 2 atom stereocenters. The molecule has 0 saturated carbocycles. The molecule has 2 amide bonds. The Morgan fingerprint density at radius 1 is 1.12 bits per heavy atom. The average Bonchev–Trinajstić information content (AvgIpc) is 3.11. The number of carbonyl (C=O) groups is 2. The summed E-state index contributed by atoms with van der Waals surface area (Å²) in [5, 5.41) is 3.03. The van der Waals surface area contributed by atoms with Crippen molar-refractivity contribution in [2.75, 3.05) is 24.7 Å². The van der Waals surface area contributed by atoms with Gasteiger partial charge in [0, 0.05) is 24.3 Å². The lowest BCUT2D eigenvalue weighted by Crippen LogP contribution is -2.42. The van der Waals surface area contributed by atoms with Gasteiger partial charge in [0.25, 0.3) is 5.91 Å². The molecule has 0 spiro atoms. The maximum atomic E-state index is 13.2. The summed E-state index contributed by atoms with van der Waals surface area (Å²) in [6.07, 6.45) is 3.18. The van der Waals surface area contributed by atoms with E-state index in [9.17, 15) is 9.59 Å². The van der Waals surface area contributed by atoms with Gasteiger partial charge in [0.05, 0.1) is 16.8 Å². The van der Waals surface area contributed by atoms with Crippen LogP contribution in [-0.4, -0.2) is 45.6 Å². The van der Waals surface area contributed by atoms with Crippen molar-refractivity contribution in [3.63, 3.8) is 0 Å². The van der Waals surface area contributed by atoms with E-state index in [2.05, 4.69) is 19.2 Å². The highest BCUT2D eigenvalue weighted by Crippen LogP contribution is 2.25. The first-order valence-electron chi connectivity index (χ1n) is 11.5. The zero-order valence-electron chi connectivity index (χ0n) is 19.8. The number of amides is 2. The van der Waals surface area contributed by atoms with Gasteiger partial charge in [0.2, 0.25) is 5.91 Å². The third-order valence-electron chi connectivity index (χ3n) is 6.22. The quantitative estimate of drug-likeness (QED) is 0.560. The maximum absolute atomic E-state index is 13.2. The van der Waals surface area contributed by atoms with Gasteiger partial charge in [-0.3, -0.25) is 9.59 Å². The number of nitrogens with zero attached hydrogens (tertiary/aromatic N) is 3. The van der Waals surface area contributed by atoms with Gasteiger partial charge in [-0.15, -0.1) is 0 Å². The molecule has 1 saturated heterocycles. The Morgan fingerprint density at radius 3 is 2.58 bits per heavy atom. The number of fused-ring (bicyclic) bond motifs is 1. The standard InChI is InChI=1S/C26H32N4O2S/c1-17-11-18(2)14-29(13-17)26(32)20-10-9-19(3)22(12-20)28-25(31)15-30-23-8-6-5-7-21(23)27-24(30)16-33-4/h5-10,12,17-18H,11,13-16H2,1-4H3,(H,28,31). The Hall–Kier alpha value is -2.80. The lowest BCUT2D eigenvalue weighted by molar-refractivity contribution is -0.116. The molecule has 1 N–H and O–H groups in total. The van der Waals surface area contributed by atoms with Crippen LogP contribution in [0.2, 0.25) is 0 Å². The Bertz CT molecular complexity index is 1160. The zero-order chi connectivity index (χ0) is 23.5.